The summed E-state index contributed by atoms with van der Waals surface area (Å²) in [6, 6.07) is 4.22. The molecule has 0 bridgehead atoms. The molecule has 132 valence electrons. The van der Waals surface area contributed by atoms with Crippen molar-refractivity contribution in [3.05, 3.63) is 23.9 Å². The second kappa shape index (κ2) is 12.0. The maximum Gasteiger partial charge on any atom is 0.192 e. The van der Waals surface area contributed by atoms with Gasteiger partial charge in [0.1, 0.15) is 5.82 Å². The van der Waals surface area contributed by atoms with Gasteiger partial charge in [-0.1, -0.05) is 24.8 Å². The number of terminal acetylenes is 1. The monoisotopic (exact) mass is 441 g/mol. The molecule has 1 fully saturated rings. The van der Waals surface area contributed by atoms with Crippen LogP contribution in [0.2, 0.25) is 0 Å². The van der Waals surface area contributed by atoms with E-state index in [1.807, 2.05) is 13.1 Å². The number of nitrogens with one attached hydrogen (secondary N) is 2. The lowest BCUT2D eigenvalue weighted by Crippen LogP contribution is -2.37. The molecule has 2 heterocycles. The number of aliphatic imine (C=N–C) groups is 1. The van der Waals surface area contributed by atoms with Crippen LogP contribution in [0.3, 0.4) is 0 Å². The number of aromatic nitrogens is 1. The Morgan fingerprint density at radius 3 is 2.58 bits per heavy atom. The quantitative estimate of drug-likeness (QED) is 0.320. The van der Waals surface area contributed by atoms with Gasteiger partial charge < -0.3 is 15.5 Å². The maximum absolute atomic E-state index is 5.27. The molecule has 2 rings (SSSR count). The van der Waals surface area contributed by atoms with E-state index >= 15 is 0 Å². The van der Waals surface area contributed by atoms with E-state index in [0.29, 0.717) is 13.1 Å². The van der Waals surface area contributed by atoms with Gasteiger partial charge in [-0.15, -0.1) is 30.4 Å². The normalized spacial score (nSPS) is 15.0. The molecule has 0 aromatic carbocycles. The summed E-state index contributed by atoms with van der Waals surface area (Å²) in [5, 5.41) is 6.26. The van der Waals surface area contributed by atoms with Crippen molar-refractivity contribution in [3.8, 4) is 12.3 Å². The first kappa shape index (κ1) is 20.6. The lowest BCUT2D eigenvalue weighted by molar-refractivity contribution is 0.726. The average molecular weight is 441 g/mol. The van der Waals surface area contributed by atoms with Crippen molar-refractivity contribution in [2.45, 2.75) is 39.2 Å². The summed E-state index contributed by atoms with van der Waals surface area (Å²) in [4.78, 5) is 11.5. The Labute approximate surface area is 162 Å². The van der Waals surface area contributed by atoms with Crippen molar-refractivity contribution in [3.63, 3.8) is 0 Å². The summed E-state index contributed by atoms with van der Waals surface area (Å²) in [6.07, 6.45) is 12.4. The van der Waals surface area contributed by atoms with Crippen molar-refractivity contribution in [2.75, 3.05) is 31.1 Å². The molecule has 0 radical (unpaired) electrons. The predicted molar refractivity (Wildman–Crippen MR) is 112 cm³/mol. The van der Waals surface area contributed by atoms with E-state index < -0.39 is 0 Å². The third kappa shape index (κ3) is 6.95. The van der Waals surface area contributed by atoms with Crippen molar-refractivity contribution in [1.82, 2.24) is 15.6 Å². The Morgan fingerprint density at radius 1 is 1.25 bits per heavy atom. The molecule has 0 unspecified atom stereocenters. The van der Waals surface area contributed by atoms with E-state index in [4.69, 9.17) is 6.42 Å². The first-order valence-corrected chi connectivity index (χ1v) is 8.49. The van der Waals surface area contributed by atoms with Gasteiger partial charge in [-0.3, -0.25) is 0 Å². The van der Waals surface area contributed by atoms with Gasteiger partial charge in [-0.2, -0.15) is 0 Å². The highest BCUT2D eigenvalue weighted by Gasteiger charge is 2.10. The molecule has 1 aromatic heterocycles. The van der Waals surface area contributed by atoms with E-state index in [0.717, 1.165) is 37.0 Å². The minimum atomic E-state index is 0. The Kier molecular flexibility index (Phi) is 10.2. The fourth-order valence-corrected chi connectivity index (χ4v) is 2.64. The third-order valence-corrected chi connectivity index (χ3v) is 3.86. The number of halogens is 1. The summed E-state index contributed by atoms with van der Waals surface area (Å²) in [5.74, 6) is 4.37. The van der Waals surface area contributed by atoms with Gasteiger partial charge in [0.2, 0.25) is 0 Å². The molecule has 1 aromatic rings. The number of nitrogens with zero attached hydrogens (tertiary/aromatic N) is 3. The number of hydrogen-bond acceptors (Lipinski definition) is 3. The van der Waals surface area contributed by atoms with Gasteiger partial charge in [-0.25, -0.2) is 9.98 Å². The van der Waals surface area contributed by atoms with E-state index in [9.17, 15) is 0 Å². The number of guanidine groups is 1. The highest BCUT2D eigenvalue weighted by Crippen LogP contribution is 2.17. The van der Waals surface area contributed by atoms with E-state index in [2.05, 4.69) is 43.6 Å². The zero-order valence-corrected chi connectivity index (χ0v) is 16.8. The fourth-order valence-electron chi connectivity index (χ4n) is 2.64. The molecular formula is C18H28IN5. The second-order valence-electron chi connectivity index (χ2n) is 5.68. The molecule has 0 atom stereocenters. The molecule has 0 amide bonds. The molecule has 0 spiro atoms. The van der Waals surface area contributed by atoms with Gasteiger partial charge in [-0.05, 0) is 31.4 Å². The Bertz CT molecular complexity index is 527. The van der Waals surface area contributed by atoms with E-state index in [1.54, 1.807) is 0 Å². The molecular weight excluding hydrogens is 413 g/mol. The number of rotatable bonds is 5. The van der Waals surface area contributed by atoms with Crippen LogP contribution in [0.4, 0.5) is 5.82 Å². The molecule has 1 saturated heterocycles. The van der Waals surface area contributed by atoms with Gasteiger partial charge >= 0.3 is 0 Å². The first-order valence-electron chi connectivity index (χ1n) is 8.49. The predicted octanol–water partition coefficient (Wildman–Crippen LogP) is 2.77. The number of hydrogen-bond donors (Lipinski definition) is 2. The highest BCUT2D eigenvalue weighted by atomic mass is 127. The van der Waals surface area contributed by atoms with Crippen LogP contribution in [0.1, 0.15) is 38.2 Å². The highest BCUT2D eigenvalue weighted by molar-refractivity contribution is 14.0. The van der Waals surface area contributed by atoms with Gasteiger partial charge in [0.25, 0.3) is 0 Å². The second-order valence-corrected chi connectivity index (χ2v) is 5.68. The molecule has 24 heavy (non-hydrogen) atoms. The van der Waals surface area contributed by atoms with Crippen LogP contribution in [-0.2, 0) is 6.54 Å². The third-order valence-electron chi connectivity index (χ3n) is 3.86. The van der Waals surface area contributed by atoms with Crippen molar-refractivity contribution in [2.24, 2.45) is 4.99 Å². The van der Waals surface area contributed by atoms with Crippen LogP contribution in [0.5, 0.6) is 0 Å². The van der Waals surface area contributed by atoms with Crippen molar-refractivity contribution < 1.29 is 0 Å². The fraction of sp³-hybridized carbons (Fsp3) is 0.556. The lowest BCUT2D eigenvalue weighted by Gasteiger charge is -2.21. The molecule has 0 aliphatic carbocycles. The van der Waals surface area contributed by atoms with Crippen molar-refractivity contribution in [1.29, 1.82) is 0 Å². The summed E-state index contributed by atoms with van der Waals surface area (Å²) in [6.45, 7) is 6.13. The zero-order valence-electron chi connectivity index (χ0n) is 14.4. The Balaban J connectivity index is 0.00000288. The standard InChI is InChI=1S/C18H27N5.HI/c1-3-11-20-18(19-4-2)22-15-16-9-10-17(21-14-16)23-12-7-5-6-8-13-23;/h1,9-10,14H,4-8,11-13,15H2,2H3,(H2,19,20,22);1H. The summed E-state index contributed by atoms with van der Waals surface area (Å²) in [5.41, 5.74) is 1.10. The van der Waals surface area contributed by atoms with Crippen LogP contribution in [-0.4, -0.2) is 37.1 Å². The van der Waals surface area contributed by atoms with Gasteiger partial charge in [0, 0.05) is 25.8 Å². The minimum Gasteiger partial charge on any atom is -0.357 e. The molecule has 1 aliphatic heterocycles. The lowest BCUT2D eigenvalue weighted by atomic mass is 10.2. The van der Waals surface area contributed by atoms with Gasteiger partial charge in [0.15, 0.2) is 5.96 Å². The van der Waals surface area contributed by atoms with E-state index in [1.165, 1.54) is 25.7 Å². The summed E-state index contributed by atoms with van der Waals surface area (Å²) < 4.78 is 0. The Morgan fingerprint density at radius 2 is 2.00 bits per heavy atom. The SMILES string of the molecule is C#CCNC(=NCc1ccc(N2CCCCCC2)nc1)NCC.I. The van der Waals surface area contributed by atoms with Gasteiger partial charge in [0.05, 0.1) is 13.1 Å². The van der Waals surface area contributed by atoms with Crippen LogP contribution >= 0.6 is 24.0 Å². The largest absolute Gasteiger partial charge is 0.357 e. The minimum absolute atomic E-state index is 0. The smallest absolute Gasteiger partial charge is 0.192 e. The summed E-state index contributed by atoms with van der Waals surface area (Å²) in [7, 11) is 0. The summed E-state index contributed by atoms with van der Waals surface area (Å²) >= 11 is 0. The van der Waals surface area contributed by atoms with Crippen molar-refractivity contribution >= 4 is 35.8 Å². The maximum atomic E-state index is 5.27. The molecule has 2 N–H and O–H groups in total. The Hall–Kier alpha value is -1.49. The average Bonchev–Trinajstić information content (AvgIpc) is 2.87. The molecule has 6 heteroatoms. The zero-order chi connectivity index (χ0) is 16.3. The molecule has 5 nitrogen and oxygen atoms in total. The molecule has 0 saturated carbocycles. The number of pyridine rings is 1. The van der Waals surface area contributed by atoms with Crippen LogP contribution in [0.25, 0.3) is 0 Å². The first-order chi connectivity index (χ1) is 11.3. The van der Waals surface area contributed by atoms with Crippen LogP contribution < -0.4 is 15.5 Å². The topological polar surface area (TPSA) is 52.6 Å². The molecule has 1 aliphatic rings. The van der Waals surface area contributed by atoms with E-state index in [-0.39, 0.29) is 24.0 Å². The van der Waals surface area contributed by atoms with Crippen LogP contribution in [0, 0.1) is 12.3 Å². The number of anilines is 1. The van der Waals surface area contributed by atoms with Crippen LogP contribution in [0.15, 0.2) is 23.3 Å².